The molecule has 0 spiro atoms. The molecule has 1 aliphatic heterocycles. The van der Waals surface area contributed by atoms with Gasteiger partial charge in [-0.2, -0.15) is 9.50 Å². The van der Waals surface area contributed by atoms with Crippen LogP contribution in [-0.4, -0.2) is 20.5 Å². The Bertz CT molecular complexity index is 1690. The number of hydrogen-bond acceptors (Lipinski definition) is 5. The maximum absolute atomic E-state index is 13.5. The Morgan fingerprint density at radius 2 is 1.68 bits per heavy atom. The summed E-state index contributed by atoms with van der Waals surface area (Å²) >= 11 is 4.55. The van der Waals surface area contributed by atoms with E-state index in [2.05, 4.69) is 26.0 Å². The first-order valence-corrected chi connectivity index (χ1v) is 12.0. The Morgan fingerprint density at radius 1 is 0.941 bits per heavy atom. The zero-order valence-corrected chi connectivity index (χ0v) is 19.8. The minimum absolute atomic E-state index is 0.266. The summed E-state index contributed by atoms with van der Waals surface area (Å²) in [5, 5.41) is 4.39. The van der Waals surface area contributed by atoms with E-state index in [1.54, 1.807) is 17.0 Å². The molecule has 1 amide bonds. The number of carbonyl (C=O) groups is 1. The molecule has 0 saturated heterocycles. The average Bonchev–Trinajstić information content (AvgIpc) is 3.47. The van der Waals surface area contributed by atoms with Crippen LogP contribution in [0.3, 0.4) is 0 Å². The number of fused-ring (bicyclic) bond motifs is 2. The van der Waals surface area contributed by atoms with Gasteiger partial charge in [0.1, 0.15) is 10.3 Å². The van der Waals surface area contributed by atoms with E-state index in [4.69, 9.17) is 0 Å². The van der Waals surface area contributed by atoms with Crippen LogP contribution in [0.2, 0.25) is 0 Å². The van der Waals surface area contributed by atoms with Gasteiger partial charge in [0.15, 0.2) is 5.82 Å². The molecule has 6 rings (SSSR count). The van der Waals surface area contributed by atoms with Crippen molar-refractivity contribution in [3.8, 4) is 11.4 Å². The quantitative estimate of drug-likeness (QED) is 0.349. The van der Waals surface area contributed by atoms with Crippen molar-refractivity contribution in [2.45, 2.75) is 6.54 Å². The summed E-state index contributed by atoms with van der Waals surface area (Å²) < 4.78 is 15.8. The van der Waals surface area contributed by atoms with Crippen molar-refractivity contribution >= 4 is 49.4 Å². The maximum atomic E-state index is 13.5. The van der Waals surface area contributed by atoms with Crippen molar-refractivity contribution < 1.29 is 9.18 Å². The van der Waals surface area contributed by atoms with Crippen LogP contribution in [0, 0.1) is 5.82 Å². The highest BCUT2D eigenvalue weighted by molar-refractivity contribution is 9.10. The first kappa shape index (κ1) is 20.9. The number of para-hydroxylation sites is 1. The van der Waals surface area contributed by atoms with Gasteiger partial charge in [-0.15, -0.1) is 5.10 Å². The summed E-state index contributed by atoms with van der Waals surface area (Å²) in [4.78, 5) is 33.4. The molecule has 6 nitrogen and oxygen atoms in total. The summed E-state index contributed by atoms with van der Waals surface area (Å²) in [6.07, 6.45) is 0. The second kappa shape index (κ2) is 7.96. The number of hydrogen-bond donors (Lipinski definition) is 0. The topological polar surface area (TPSA) is 67.6 Å². The van der Waals surface area contributed by atoms with Crippen molar-refractivity contribution in [1.29, 1.82) is 0 Å². The van der Waals surface area contributed by atoms with E-state index in [1.165, 1.54) is 16.6 Å². The van der Waals surface area contributed by atoms with Crippen LogP contribution in [0.5, 0.6) is 0 Å². The molecule has 0 bridgehead atoms. The van der Waals surface area contributed by atoms with Gasteiger partial charge in [0.25, 0.3) is 11.5 Å². The van der Waals surface area contributed by atoms with Crippen LogP contribution in [-0.2, 0) is 11.3 Å². The lowest BCUT2D eigenvalue weighted by molar-refractivity contribution is -0.113. The van der Waals surface area contributed by atoms with E-state index in [0.29, 0.717) is 32.1 Å². The Labute approximate surface area is 204 Å². The second-order valence-electron chi connectivity index (χ2n) is 7.78. The van der Waals surface area contributed by atoms with Gasteiger partial charge in [0, 0.05) is 15.6 Å². The summed E-state index contributed by atoms with van der Waals surface area (Å²) in [6, 6.07) is 20.9. The van der Waals surface area contributed by atoms with Gasteiger partial charge < -0.3 is 4.90 Å². The van der Waals surface area contributed by atoms with Gasteiger partial charge in [0.2, 0.25) is 4.96 Å². The lowest BCUT2D eigenvalue weighted by Gasteiger charge is -2.17. The van der Waals surface area contributed by atoms with Crippen LogP contribution >= 0.6 is 27.3 Å². The third kappa shape index (κ3) is 3.36. The Kier molecular flexibility index (Phi) is 4.89. The monoisotopic (exact) mass is 532 g/mol. The van der Waals surface area contributed by atoms with Crippen LogP contribution in [0.1, 0.15) is 11.1 Å². The molecule has 0 aliphatic carbocycles. The van der Waals surface area contributed by atoms with Gasteiger partial charge in [-0.1, -0.05) is 69.7 Å². The first-order valence-electron chi connectivity index (χ1n) is 10.3. The lowest BCUT2D eigenvalue weighted by atomic mass is 10.1. The summed E-state index contributed by atoms with van der Waals surface area (Å²) in [6.45, 7) is 0.266. The molecular weight excluding hydrogens is 519 g/mol. The molecule has 3 aromatic carbocycles. The van der Waals surface area contributed by atoms with E-state index < -0.39 is 0 Å². The SMILES string of the molecule is O=C1C(=c2sc3nc(-c4ccc(Br)cc4)nn3c2=O)c2ccccc2N1Cc1ccc(F)cc1. The van der Waals surface area contributed by atoms with Crippen molar-refractivity contribution in [2.75, 3.05) is 4.90 Å². The minimum Gasteiger partial charge on any atom is -0.303 e. The fraction of sp³-hybridized carbons (Fsp3) is 0.0400. The molecule has 0 N–H and O–H groups in total. The molecule has 3 heterocycles. The van der Waals surface area contributed by atoms with E-state index in [-0.39, 0.29) is 23.8 Å². The predicted octanol–water partition coefficient (Wildman–Crippen LogP) is 4.18. The van der Waals surface area contributed by atoms with Gasteiger partial charge in [-0.25, -0.2) is 4.39 Å². The molecule has 166 valence electrons. The fourth-order valence-corrected chi connectivity index (χ4v) is 5.30. The fourth-order valence-electron chi connectivity index (χ4n) is 4.04. The second-order valence-corrected chi connectivity index (χ2v) is 9.68. The number of carbonyl (C=O) groups excluding carboxylic acids is 1. The standard InChI is InChI=1S/C25H14BrFN4O2S/c26-16-9-7-15(8-10-16)22-28-25-31(29-22)24(33)21(34-25)20-18-3-1-2-4-19(18)30(23(20)32)13-14-5-11-17(27)12-6-14/h1-12H,13H2. The molecule has 0 saturated carbocycles. The van der Waals surface area contributed by atoms with Crippen LogP contribution in [0.4, 0.5) is 10.1 Å². The number of rotatable bonds is 3. The van der Waals surface area contributed by atoms with E-state index >= 15 is 0 Å². The van der Waals surface area contributed by atoms with Crippen molar-refractivity contribution in [2.24, 2.45) is 0 Å². The Morgan fingerprint density at radius 3 is 2.41 bits per heavy atom. The highest BCUT2D eigenvalue weighted by Gasteiger charge is 2.34. The number of nitrogens with zero attached hydrogens (tertiary/aromatic N) is 4. The molecule has 34 heavy (non-hydrogen) atoms. The number of anilines is 1. The zero-order valence-electron chi connectivity index (χ0n) is 17.4. The molecule has 2 aromatic heterocycles. The van der Waals surface area contributed by atoms with Crippen molar-refractivity contribution in [1.82, 2.24) is 14.6 Å². The van der Waals surface area contributed by atoms with Crippen LogP contribution in [0.15, 0.2) is 82.1 Å². The largest absolute Gasteiger partial charge is 0.303 e. The zero-order chi connectivity index (χ0) is 23.4. The third-order valence-electron chi connectivity index (χ3n) is 5.66. The number of amides is 1. The maximum Gasteiger partial charge on any atom is 0.291 e. The van der Waals surface area contributed by atoms with Gasteiger partial charge in [0.05, 0.1) is 17.8 Å². The summed E-state index contributed by atoms with van der Waals surface area (Å²) in [5.74, 6) is -0.166. The summed E-state index contributed by atoms with van der Waals surface area (Å²) in [7, 11) is 0. The molecular formula is C25H14BrFN4O2S. The normalized spacial score (nSPS) is 14.8. The lowest BCUT2D eigenvalue weighted by Crippen LogP contribution is -2.32. The van der Waals surface area contributed by atoms with Gasteiger partial charge >= 0.3 is 0 Å². The molecule has 0 unspecified atom stereocenters. The van der Waals surface area contributed by atoms with E-state index in [1.807, 2.05) is 48.5 Å². The number of benzene rings is 3. The van der Waals surface area contributed by atoms with Crippen LogP contribution in [0.25, 0.3) is 21.9 Å². The molecule has 1 aliphatic rings. The van der Waals surface area contributed by atoms with Crippen LogP contribution < -0.4 is 15.0 Å². The summed E-state index contributed by atoms with van der Waals surface area (Å²) in [5.41, 5.74) is 2.93. The molecule has 0 radical (unpaired) electrons. The predicted molar refractivity (Wildman–Crippen MR) is 132 cm³/mol. The average molecular weight is 533 g/mol. The Balaban J connectivity index is 1.48. The van der Waals surface area contributed by atoms with Gasteiger partial charge in [-0.3, -0.25) is 9.59 Å². The number of aromatic nitrogens is 3. The molecule has 9 heteroatoms. The highest BCUT2D eigenvalue weighted by atomic mass is 79.9. The minimum atomic E-state index is -0.377. The van der Waals surface area contributed by atoms with Crippen molar-refractivity contribution in [3.63, 3.8) is 0 Å². The Hall–Kier alpha value is -3.69. The van der Waals surface area contributed by atoms with Gasteiger partial charge in [-0.05, 0) is 35.9 Å². The first-order chi connectivity index (χ1) is 16.5. The van der Waals surface area contributed by atoms with E-state index in [0.717, 1.165) is 26.9 Å². The van der Waals surface area contributed by atoms with E-state index in [9.17, 15) is 14.0 Å². The third-order valence-corrected chi connectivity index (χ3v) is 7.22. The molecule has 0 atom stereocenters. The number of halogens is 2. The van der Waals surface area contributed by atoms with Crippen molar-refractivity contribution in [3.05, 3.63) is 109 Å². The molecule has 5 aromatic rings. The smallest absolute Gasteiger partial charge is 0.291 e. The number of thiazole rings is 1. The highest BCUT2D eigenvalue weighted by Crippen LogP contribution is 2.36. The molecule has 0 fully saturated rings.